The molecule has 0 N–H and O–H groups in total. The van der Waals surface area contributed by atoms with E-state index in [1.807, 2.05) is 11.5 Å². The topological polar surface area (TPSA) is 44.1 Å². The summed E-state index contributed by atoms with van der Waals surface area (Å²) < 4.78 is 7.87. The fourth-order valence-electron chi connectivity index (χ4n) is 1.51. The Morgan fingerprint density at radius 3 is 3.00 bits per heavy atom. The smallest absolute Gasteiger partial charge is 0.177 e. The zero-order valence-corrected chi connectivity index (χ0v) is 9.45. The van der Waals surface area contributed by atoms with Crippen LogP contribution in [0.15, 0.2) is 4.73 Å². The lowest BCUT2D eigenvalue weighted by Gasteiger charge is -2.27. The Morgan fingerprint density at radius 2 is 2.50 bits per heavy atom. The second kappa shape index (κ2) is 3.82. The third kappa shape index (κ3) is 1.62. The fraction of sp³-hybridized carbons (Fsp3) is 0.556. The molecular weight excluding hydrogens is 248 g/mol. The van der Waals surface area contributed by atoms with Crippen LogP contribution in [0, 0.1) is 6.92 Å². The van der Waals surface area contributed by atoms with Crippen molar-refractivity contribution >= 4 is 22.2 Å². The first kappa shape index (κ1) is 9.86. The number of halogens is 1. The molecule has 1 saturated heterocycles. The van der Waals surface area contributed by atoms with Crippen molar-refractivity contribution in [3.63, 3.8) is 0 Å². The average molecular weight is 259 g/mol. The third-order valence-corrected chi connectivity index (χ3v) is 3.04. The van der Waals surface area contributed by atoms with E-state index in [2.05, 4.69) is 20.9 Å². The number of ether oxygens (including phenoxy) is 1. The standard InChI is InChI=1S/C9H11BrN2O2/c1-6-8(5-13)12(9(10)11-6)4-7-2-3-14-7/h5,7H,2-4H2,1H3. The highest BCUT2D eigenvalue weighted by atomic mass is 79.9. The van der Waals surface area contributed by atoms with Gasteiger partial charge in [0.25, 0.3) is 0 Å². The van der Waals surface area contributed by atoms with Crippen LogP contribution >= 0.6 is 15.9 Å². The quantitative estimate of drug-likeness (QED) is 0.773. The van der Waals surface area contributed by atoms with Crippen molar-refractivity contribution in [1.29, 1.82) is 0 Å². The van der Waals surface area contributed by atoms with E-state index in [4.69, 9.17) is 4.74 Å². The number of carbonyl (C=O) groups excluding carboxylic acids is 1. The summed E-state index contributed by atoms with van der Waals surface area (Å²) in [6, 6.07) is 0. The van der Waals surface area contributed by atoms with Crippen LogP contribution < -0.4 is 0 Å². The number of hydrogen-bond donors (Lipinski definition) is 0. The predicted molar refractivity (Wildman–Crippen MR) is 54.4 cm³/mol. The third-order valence-electron chi connectivity index (χ3n) is 2.44. The maximum atomic E-state index is 10.8. The van der Waals surface area contributed by atoms with Gasteiger partial charge < -0.3 is 9.30 Å². The van der Waals surface area contributed by atoms with Crippen LogP contribution in [0.25, 0.3) is 0 Å². The number of nitrogens with zero attached hydrogens (tertiary/aromatic N) is 2. The Balaban J connectivity index is 2.24. The van der Waals surface area contributed by atoms with E-state index >= 15 is 0 Å². The lowest BCUT2D eigenvalue weighted by Crippen LogP contribution is -2.31. The highest BCUT2D eigenvalue weighted by molar-refractivity contribution is 9.10. The maximum absolute atomic E-state index is 10.8. The SMILES string of the molecule is Cc1nc(Br)n(CC2CCO2)c1C=O. The van der Waals surface area contributed by atoms with Gasteiger partial charge in [-0.1, -0.05) is 0 Å². The number of aromatic nitrogens is 2. The lowest BCUT2D eigenvalue weighted by molar-refractivity contribution is -0.0596. The van der Waals surface area contributed by atoms with E-state index in [1.165, 1.54) is 0 Å². The van der Waals surface area contributed by atoms with Crippen LogP contribution in [0.5, 0.6) is 0 Å². The molecule has 2 heterocycles. The summed E-state index contributed by atoms with van der Waals surface area (Å²) in [6.07, 6.45) is 2.13. The number of aldehydes is 1. The van der Waals surface area contributed by atoms with E-state index in [0.717, 1.165) is 25.0 Å². The van der Waals surface area contributed by atoms with Gasteiger partial charge in [-0.15, -0.1) is 0 Å². The van der Waals surface area contributed by atoms with E-state index < -0.39 is 0 Å². The largest absolute Gasteiger partial charge is 0.376 e. The van der Waals surface area contributed by atoms with Crippen LogP contribution in [0.2, 0.25) is 0 Å². The minimum absolute atomic E-state index is 0.235. The Labute approximate surface area is 90.4 Å². The summed E-state index contributed by atoms with van der Waals surface area (Å²) in [4.78, 5) is 15.0. The summed E-state index contributed by atoms with van der Waals surface area (Å²) in [5.74, 6) is 0. The first-order chi connectivity index (χ1) is 6.72. The molecule has 0 aromatic carbocycles. The first-order valence-corrected chi connectivity index (χ1v) is 5.31. The zero-order valence-electron chi connectivity index (χ0n) is 7.86. The molecule has 0 saturated carbocycles. The molecule has 1 aliphatic heterocycles. The summed E-state index contributed by atoms with van der Waals surface area (Å²) in [5.41, 5.74) is 1.39. The van der Waals surface area contributed by atoms with Gasteiger partial charge in [-0.3, -0.25) is 4.79 Å². The Kier molecular flexibility index (Phi) is 2.69. The Bertz CT molecular complexity index is 358. The molecule has 1 aliphatic rings. The second-order valence-corrected chi connectivity index (χ2v) is 4.07. The molecular formula is C9H11BrN2O2. The van der Waals surface area contributed by atoms with Gasteiger partial charge in [0.1, 0.15) is 5.69 Å². The molecule has 0 radical (unpaired) electrons. The van der Waals surface area contributed by atoms with Crippen molar-refractivity contribution < 1.29 is 9.53 Å². The molecule has 1 aromatic rings. The van der Waals surface area contributed by atoms with Gasteiger partial charge >= 0.3 is 0 Å². The molecule has 1 aromatic heterocycles. The lowest BCUT2D eigenvalue weighted by atomic mass is 10.2. The molecule has 4 nitrogen and oxygen atoms in total. The van der Waals surface area contributed by atoms with E-state index in [9.17, 15) is 4.79 Å². The molecule has 1 fully saturated rings. The van der Waals surface area contributed by atoms with Crippen molar-refractivity contribution in [2.75, 3.05) is 6.61 Å². The van der Waals surface area contributed by atoms with Crippen molar-refractivity contribution in [2.45, 2.75) is 26.0 Å². The molecule has 76 valence electrons. The summed E-state index contributed by atoms with van der Waals surface area (Å²) in [6.45, 7) is 3.36. The van der Waals surface area contributed by atoms with Gasteiger partial charge in [-0.2, -0.15) is 0 Å². The molecule has 1 unspecified atom stereocenters. The van der Waals surface area contributed by atoms with Crippen LogP contribution in [0.4, 0.5) is 0 Å². The van der Waals surface area contributed by atoms with Gasteiger partial charge in [-0.05, 0) is 29.3 Å². The zero-order chi connectivity index (χ0) is 10.1. The molecule has 0 aliphatic carbocycles. The monoisotopic (exact) mass is 258 g/mol. The van der Waals surface area contributed by atoms with Crippen LogP contribution in [0.3, 0.4) is 0 Å². The van der Waals surface area contributed by atoms with Gasteiger partial charge in [0.05, 0.1) is 18.3 Å². The van der Waals surface area contributed by atoms with Gasteiger partial charge in [0, 0.05) is 6.61 Å². The summed E-state index contributed by atoms with van der Waals surface area (Å²) >= 11 is 3.33. The Morgan fingerprint density at radius 1 is 1.79 bits per heavy atom. The van der Waals surface area contributed by atoms with Gasteiger partial charge in [0.15, 0.2) is 11.0 Å². The molecule has 0 bridgehead atoms. The molecule has 1 atom stereocenters. The van der Waals surface area contributed by atoms with E-state index in [1.54, 1.807) is 0 Å². The van der Waals surface area contributed by atoms with Crippen molar-refractivity contribution in [2.24, 2.45) is 0 Å². The van der Waals surface area contributed by atoms with Gasteiger partial charge in [-0.25, -0.2) is 4.98 Å². The predicted octanol–water partition coefficient (Wildman–Crippen LogP) is 1.56. The Hall–Kier alpha value is -0.680. The minimum atomic E-state index is 0.235. The highest BCUT2D eigenvalue weighted by Crippen LogP contribution is 2.20. The summed E-state index contributed by atoms with van der Waals surface area (Å²) in [7, 11) is 0. The van der Waals surface area contributed by atoms with Crippen LogP contribution in [-0.4, -0.2) is 28.5 Å². The number of carbonyl (C=O) groups is 1. The second-order valence-electron chi connectivity index (χ2n) is 3.36. The number of rotatable bonds is 3. The van der Waals surface area contributed by atoms with Crippen molar-refractivity contribution in [3.05, 3.63) is 16.1 Å². The molecule has 14 heavy (non-hydrogen) atoms. The highest BCUT2D eigenvalue weighted by Gasteiger charge is 2.22. The molecule has 2 rings (SSSR count). The normalized spacial score (nSPS) is 20.6. The molecule has 0 spiro atoms. The number of aryl methyl sites for hydroxylation is 1. The van der Waals surface area contributed by atoms with E-state index in [-0.39, 0.29) is 6.10 Å². The van der Waals surface area contributed by atoms with Crippen molar-refractivity contribution in [3.8, 4) is 0 Å². The van der Waals surface area contributed by atoms with Crippen LogP contribution in [-0.2, 0) is 11.3 Å². The molecule has 0 amide bonds. The fourth-order valence-corrected chi connectivity index (χ4v) is 2.11. The maximum Gasteiger partial charge on any atom is 0.177 e. The van der Waals surface area contributed by atoms with Crippen molar-refractivity contribution in [1.82, 2.24) is 9.55 Å². The number of hydrogen-bond acceptors (Lipinski definition) is 3. The first-order valence-electron chi connectivity index (χ1n) is 4.51. The minimum Gasteiger partial charge on any atom is -0.376 e. The number of imidazole rings is 1. The van der Waals surface area contributed by atoms with E-state index in [0.29, 0.717) is 17.0 Å². The average Bonchev–Trinajstić information content (AvgIpc) is 2.33. The molecule has 5 heteroatoms. The van der Waals surface area contributed by atoms with Gasteiger partial charge in [0.2, 0.25) is 0 Å². The van der Waals surface area contributed by atoms with Crippen LogP contribution in [0.1, 0.15) is 22.6 Å². The summed E-state index contributed by atoms with van der Waals surface area (Å²) in [5, 5.41) is 0.